The number of aromatic nitrogens is 1. The number of halogens is 1. The van der Waals surface area contributed by atoms with E-state index >= 15 is 0 Å². The largest absolute Gasteiger partial charge is 0.438 e. The maximum absolute atomic E-state index is 12.1. The van der Waals surface area contributed by atoms with Crippen molar-refractivity contribution in [3.05, 3.63) is 89.1 Å². The first-order chi connectivity index (χ1) is 17.9. The van der Waals surface area contributed by atoms with Gasteiger partial charge in [-0.15, -0.1) is 0 Å². The molecule has 0 radical (unpaired) electrons. The summed E-state index contributed by atoms with van der Waals surface area (Å²) in [6.07, 6.45) is 3.07. The van der Waals surface area contributed by atoms with Gasteiger partial charge >= 0.3 is 0 Å². The third kappa shape index (κ3) is 9.84. The Labute approximate surface area is 222 Å². The summed E-state index contributed by atoms with van der Waals surface area (Å²) in [5.74, 6) is 0.355. The number of carbonyl (C=O) groups excluding carboxylic acids is 2. The van der Waals surface area contributed by atoms with Crippen LogP contribution in [0.1, 0.15) is 28.8 Å². The standard InChI is InChI=1S/C16H24N2O2.C12H9ClN2O2/c1-17-9-5-10-18(12-11-17)16(19)8-13-20-14-15-6-3-2-4-7-15;13-8-3-5-9(6-4-8)17-12-10(11(14)16)2-1-7-15-12/h2-4,6-7H,5,8-14H2,1H3;1-7H,(H2,14,16). The number of benzene rings is 2. The lowest BCUT2D eigenvalue weighted by molar-refractivity contribution is -0.132. The zero-order valence-electron chi connectivity index (χ0n) is 21.0. The minimum atomic E-state index is -0.581. The molecule has 2 N–H and O–H groups in total. The molecule has 1 aliphatic rings. The first kappa shape index (κ1) is 28.1. The molecule has 3 aromatic rings. The molecule has 0 bridgehead atoms. The zero-order valence-corrected chi connectivity index (χ0v) is 21.8. The topological polar surface area (TPSA) is 98.0 Å². The lowest BCUT2D eigenvalue weighted by Crippen LogP contribution is -2.34. The fraction of sp³-hybridized carbons (Fsp3) is 0.321. The van der Waals surface area contributed by atoms with Gasteiger partial charge in [0.1, 0.15) is 11.3 Å². The number of primary amides is 1. The van der Waals surface area contributed by atoms with Crippen LogP contribution in [0.4, 0.5) is 0 Å². The van der Waals surface area contributed by atoms with Crippen molar-refractivity contribution in [1.29, 1.82) is 0 Å². The van der Waals surface area contributed by atoms with Crippen molar-refractivity contribution in [1.82, 2.24) is 14.8 Å². The predicted octanol–water partition coefficient (Wildman–Crippen LogP) is 4.38. The molecule has 4 rings (SSSR count). The van der Waals surface area contributed by atoms with Gasteiger partial charge in [0.2, 0.25) is 11.8 Å². The highest BCUT2D eigenvalue weighted by atomic mass is 35.5. The number of hydrogen-bond acceptors (Lipinski definition) is 6. The second-order valence-corrected chi connectivity index (χ2v) is 9.04. The van der Waals surface area contributed by atoms with Crippen LogP contribution in [0.25, 0.3) is 0 Å². The lowest BCUT2D eigenvalue weighted by Gasteiger charge is -2.20. The lowest BCUT2D eigenvalue weighted by atomic mass is 10.2. The van der Waals surface area contributed by atoms with E-state index in [2.05, 4.69) is 16.9 Å². The Kier molecular flexibility index (Phi) is 11.4. The van der Waals surface area contributed by atoms with E-state index in [0.29, 0.717) is 30.4 Å². The highest BCUT2D eigenvalue weighted by Gasteiger charge is 2.17. The number of carbonyl (C=O) groups is 2. The Bertz CT molecular complexity index is 1130. The number of pyridine rings is 1. The molecule has 0 atom stereocenters. The van der Waals surface area contributed by atoms with Crippen molar-refractivity contribution in [3.63, 3.8) is 0 Å². The van der Waals surface area contributed by atoms with Gasteiger partial charge in [-0.2, -0.15) is 0 Å². The summed E-state index contributed by atoms with van der Waals surface area (Å²) < 4.78 is 11.0. The minimum absolute atomic E-state index is 0.183. The highest BCUT2D eigenvalue weighted by Crippen LogP contribution is 2.23. The molecule has 37 heavy (non-hydrogen) atoms. The summed E-state index contributed by atoms with van der Waals surface area (Å²) in [4.78, 5) is 31.4. The van der Waals surface area contributed by atoms with Gasteiger partial charge < -0.3 is 25.0 Å². The van der Waals surface area contributed by atoms with Gasteiger partial charge in [-0.3, -0.25) is 9.59 Å². The second-order valence-electron chi connectivity index (χ2n) is 8.60. The molecule has 2 aromatic carbocycles. The van der Waals surface area contributed by atoms with Crippen molar-refractivity contribution >= 4 is 23.4 Å². The molecule has 8 nitrogen and oxygen atoms in total. The van der Waals surface area contributed by atoms with E-state index in [1.54, 1.807) is 36.4 Å². The van der Waals surface area contributed by atoms with Crippen LogP contribution in [0.3, 0.4) is 0 Å². The number of rotatable bonds is 8. The Morgan fingerprint density at radius 2 is 1.73 bits per heavy atom. The number of likely N-dealkylation sites (N-methyl/N-ethyl adjacent to an activating group) is 1. The monoisotopic (exact) mass is 524 g/mol. The number of nitrogens with zero attached hydrogens (tertiary/aromatic N) is 3. The summed E-state index contributed by atoms with van der Waals surface area (Å²) >= 11 is 5.75. The quantitative estimate of drug-likeness (QED) is 0.439. The van der Waals surface area contributed by atoms with Gasteiger partial charge in [0.25, 0.3) is 5.91 Å². The summed E-state index contributed by atoms with van der Waals surface area (Å²) in [5, 5.41) is 0.605. The first-order valence-electron chi connectivity index (χ1n) is 12.2. The molecule has 2 amide bonds. The molecule has 196 valence electrons. The molecule has 0 aliphatic carbocycles. The molecule has 1 aliphatic heterocycles. The molecule has 1 saturated heterocycles. The van der Waals surface area contributed by atoms with E-state index in [1.165, 1.54) is 6.20 Å². The fourth-order valence-corrected chi connectivity index (χ4v) is 3.78. The SMILES string of the molecule is CN1CCCN(C(=O)CCOCc2ccccc2)CC1.NC(=O)c1cccnc1Oc1ccc(Cl)cc1. The summed E-state index contributed by atoms with van der Waals surface area (Å²) in [5.41, 5.74) is 6.60. The average molecular weight is 525 g/mol. The molecular formula is C28H33ClN4O4. The van der Waals surface area contributed by atoms with Crippen LogP contribution in [0, 0.1) is 0 Å². The second kappa shape index (κ2) is 14.9. The van der Waals surface area contributed by atoms with Crippen molar-refractivity contribution in [3.8, 4) is 11.6 Å². The average Bonchev–Trinajstić information content (AvgIpc) is 3.13. The van der Waals surface area contributed by atoms with Crippen LogP contribution in [0.5, 0.6) is 11.6 Å². The van der Waals surface area contributed by atoms with Crippen molar-refractivity contribution in [2.75, 3.05) is 39.8 Å². The number of hydrogen-bond donors (Lipinski definition) is 1. The van der Waals surface area contributed by atoms with E-state index in [4.69, 9.17) is 26.8 Å². The molecule has 1 fully saturated rings. The van der Waals surface area contributed by atoms with Gasteiger partial charge in [-0.25, -0.2) is 4.98 Å². The summed E-state index contributed by atoms with van der Waals surface area (Å²) in [6, 6.07) is 20.0. The maximum atomic E-state index is 12.1. The van der Waals surface area contributed by atoms with Crippen LogP contribution in [0.15, 0.2) is 72.9 Å². The first-order valence-corrected chi connectivity index (χ1v) is 12.6. The summed E-state index contributed by atoms with van der Waals surface area (Å²) in [6.45, 7) is 4.84. The molecule has 0 unspecified atom stereocenters. The third-order valence-electron chi connectivity index (χ3n) is 5.71. The predicted molar refractivity (Wildman–Crippen MR) is 144 cm³/mol. The summed E-state index contributed by atoms with van der Waals surface area (Å²) in [7, 11) is 2.11. The molecule has 1 aromatic heterocycles. The number of amides is 2. The fourth-order valence-electron chi connectivity index (χ4n) is 3.65. The highest BCUT2D eigenvalue weighted by molar-refractivity contribution is 6.30. The van der Waals surface area contributed by atoms with Gasteiger partial charge in [0.05, 0.1) is 19.6 Å². The van der Waals surface area contributed by atoms with E-state index in [-0.39, 0.29) is 17.4 Å². The van der Waals surface area contributed by atoms with E-state index in [0.717, 1.165) is 38.2 Å². The molecule has 2 heterocycles. The van der Waals surface area contributed by atoms with Crippen molar-refractivity contribution in [2.45, 2.75) is 19.4 Å². The van der Waals surface area contributed by atoms with Crippen LogP contribution in [0.2, 0.25) is 5.02 Å². The van der Waals surface area contributed by atoms with E-state index in [9.17, 15) is 9.59 Å². The normalized spacial score (nSPS) is 13.7. The zero-order chi connectivity index (χ0) is 26.5. The van der Waals surface area contributed by atoms with Crippen LogP contribution in [-0.4, -0.2) is 66.4 Å². The van der Waals surface area contributed by atoms with Crippen molar-refractivity contribution in [2.24, 2.45) is 5.73 Å². The Morgan fingerprint density at radius 3 is 2.46 bits per heavy atom. The molecule has 0 saturated carbocycles. The Balaban J connectivity index is 0.000000208. The molecule has 0 spiro atoms. The van der Waals surface area contributed by atoms with E-state index < -0.39 is 5.91 Å². The van der Waals surface area contributed by atoms with Gasteiger partial charge in [-0.1, -0.05) is 41.9 Å². The Morgan fingerprint density at radius 1 is 0.973 bits per heavy atom. The van der Waals surface area contributed by atoms with E-state index in [1.807, 2.05) is 35.2 Å². The van der Waals surface area contributed by atoms with Crippen LogP contribution in [-0.2, 0) is 16.1 Å². The molecule has 9 heteroatoms. The van der Waals surface area contributed by atoms with Crippen molar-refractivity contribution < 1.29 is 19.1 Å². The van der Waals surface area contributed by atoms with Gasteiger partial charge in [-0.05, 0) is 62.0 Å². The molecular weight excluding hydrogens is 492 g/mol. The number of ether oxygens (including phenoxy) is 2. The third-order valence-corrected chi connectivity index (χ3v) is 5.96. The Hall–Kier alpha value is -3.46. The minimum Gasteiger partial charge on any atom is -0.438 e. The van der Waals surface area contributed by atoms with Crippen LogP contribution >= 0.6 is 11.6 Å². The van der Waals surface area contributed by atoms with Crippen LogP contribution < -0.4 is 10.5 Å². The number of nitrogens with two attached hydrogens (primary N) is 1. The maximum Gasteiger partial charge on any atom is 0.254 e. The van der Waals surface area contributed by atoms with Gasteiger partial charge in [0.15, 0.2) is 0 Å². The smallest absolute Gasteiger partial charge is 0.254 e. The van der Waals surface area contributed by atoms with Gasteiger partial charge in [0, 0.05) is 30.9 Å².